The first kappa shape index (κ1) is 13.9. The number of carbonyl (C=O) groups excluding carboxylic acids is 2. The summed E-state index contributed by atoms with van der Waals surface area (Å²) in [6.07, 6.45) is 1.82. The van der Waals surface area contributed by atoms with Crippen LogP contribution in [-0.2, 0) is 4.79 Å². The number of para-hydroxylation sites is 1. The van der Waals surface area contributed by atoms with E-state index >= 15 is 0 Å². The van der Waals surface area contributed by atoms with E-state index < -0.39 is 0 Å². The topological polar surface area (TPSA) is 73.5 Å². The molecule has 2 heterocycles. The Balaban J connectivity index is 1.57. The minimum absolute atomic E-state index is 0.0932. The number of hydrogen-bond acceptors (Lipinski definition) is 3. The Bertz CT molecular complexity index is 526. The maximum atomic E-state index is 12.1. The van der Waals surface area contributed by atoms with Crippen molar-refractivity contribution in [3.05, 3.63) is 30.3 Å². The zero-order valence-corrected chi connectivity index (χ0v) is 11.9. The molecule has 0 saturated carbocycles. The minimum Gasteiger partial charge on any atom is -0.331 e. The molecule has 2 saturated heterocycles. The smallest absolute Gasteiger partial charge is 0.318 e. The van der Waals surface area contributed by atoms with Gasteiger partial charge in [0.05, 0.1) is 5.54 Å². The molecular formula is C15H20N4O2. The first-order chi connectivity index (χ1) is 10.2. The second kappa shape index (κ2) is 5.73. The highest BCUT2D eigenvalue weighted by molar-refractivity contribution is 5.94. The lowest BCUT2D eigenvalue weighted by molar-refractivity contribution is -0.116. The number of urea groups is 1. The zero-order chi connectivity index (χ0) is 14.7. The van der Waals surface area contributed by atoms with Crippen LogP contribution in [0.15, 0.2) is 30.3 Å². The van der Waals surface area contributed by atoms with E-state index in [2.05, 4.69) is 16.0 Å². The molecule has 2 aliphatic rings. The molecule has 0 aliphatic carbocycles. The van der Waals surface area contributed by atoms with Crippen molar-refractivity contribution in [3.8, 4) is 0 Å². The molecule has 0 bridgehead atoms. The van der Waals surface area contributed by atoms with Crippen molar-refractivity contribution >= 4 is 17.6 Å². The van der Waals surface area contributed by atoms with Gasteiger partial charge in [-0.3, -0.25) is 4.79 Å². The molecule has 2 fully saturated rings. The maximum Gasteiger partial charge on any atom is 0.318 e. The first-order valence-electron chi connectivity index (χ1n) is 7.30. The quantitative estimate of drug-likeness (QED) is 0.769. The minimum atomic E-state index is -0.165. The second-order valence-electron chi connectivity index (χ2n) is 5.73. The molecule has 21 heavy (non-hydrogen) atoms. The van der Waals surface area contributed by atoms with E-state index in [1.807, 2.05) is 30.3 Å². The summed E-state index contributed by atoms with van der Waals surface area (Å²) in [7, 11) is 0. The molecule has 3 rings (SSSR count). The highest BCUT2D eigenvalue weighted by atomic mass is 16.2. The number of piperidine rings is 1. The van der Waals surface area contributed by atoms with Crippen molar-refractivity contribution in [1.82, 2.24) is 15.5 Å². The van der Waals surface area contributed by atoms with Crippen LogP contribution in [0.3, 0.4) is 0 Å². The molecule has 1 spiro atoms. The van der Waals surface area contributed by atoms with Gasteiger partial charge in [0.2, 0.25) is 5.91 Å². The molecule has 112 valence electrons. The summed E-state index contributed by atoms with van der Waals surface area (Å²) in [6, 6.07) is 9.14. The molecule has 0 unspecified atom stereocenters. The Labute approximate surface area is 123 Å². The van der Waals surface area contributed by atoms with Gasteiger partial charge in [0.1, 0.15) is 6.54 Å². The Kier molecular flexibility index (Phi) is 3.79. The van der Waals surface area contributed by atoms with E-state index in [-0.39, 0.29) is 24.0 Å². The number of carbonyl (C=O) groups is 2. The van der Waals surface area contributed by atoms with E-state index in [1.54, 1.807) is 4.90 Å². The Morgan fingerprint density at radius 1 is 1.24 bits per heavy atom. The molecule has 1 aromatic rings. The van der Waals surface area contributed by atoms with Crippen molar-refractivity contribution < 1.29 is 9.59 Å². The summed E-state index contributed by atoms with van der Waals surface area (Å²) in [5.41, 5.74) is 0.591. The predicted octanol–water partition coefficient (Wildman–Crippen LogP) is 0.773. The van der Waals surface area contributed by atoms with E-state index in [9.17, 15) is 9.59 Å². The molecule has 6 heteroatoms. The third-order valence-corrected chi connectivity index (χ3v) is 4.11. The van der Waals surface area contributed by atoms with Crippen molar-refractivity contribution in [2.75, 3.05) is 31.5 Å². The monoisotopic (exact) mass is 288 g/mol. The van der Waals surface area contributed by atoms with Gasteiger partial charge >= 0.3 is 6.03 Å². The molecule has 0 radical (unpaired) electrons. The molecular weight excluding hydrogens is 268 g/mol. The predicted molar refractivity (Wildman–Crippen MR) is 80.0 cm³/mol. The van der Waals surface area contributed by atoms with Crippen LogP contribution in [0.25, 0.3) is 0 Å². The lowest BCUT2D eigenvalue weighted by Gasteiger charge is -2.32. The van der Waals surface area contributed by atoms with Crippen LogP contribution < -0.4 is 16.0 Å². The number of anilines is 1. The summed E-state index contributed by atoms with van der Waals surface area (Å²) < 4.78 is 0. The van der Waals surface area contributed by atoms with Crippen molar-refractivity contribution in [2.45, 2.75) is 18.4 Å². The van der Waals surface area contributed by atoms with Crippen LogP contribution in [0.2, 0.25) is 0 Å². The van der Waals surface area contributed by atoms with Gasteiger partial charge in [-0.05, 0) is 38.1 Å². The largest absolute Gasteiger partial charge is 0.331 e. The van der Waals surface area contributed by atoms with Crippen molar-refractivity contribution in [1.29, 1.82) is 0 Å². The summed E-state index contributed by atoms with van der Waals surface area (Å²) in [6.45, 7) is 2.51. The SMILES string of the molecule is O=C(CN1CC2(CCNCC2)NC1=O)Nc1ccccc1. The average molecular weight is 288 g/mol. The van der Waals surface area contributed by atoms with Crippen LogP contribution in [0, 0.1) is 0 Å². The van der Waals surface area contributed by atoms with E-state index in [4.69, 9.17) is 0 Å². The second-order valence-corrected chi connectivity index (χ2v) is 5.73. The highest BCUT2D eigenvalue weighted by Crippen LogP contribution is 2.25. The maximum absolute atomic E-state index is 12.1. The van der Waals surface area contributed by atoms with Gasteiger partial charge in [0, 0.05) is 12.2 Å². The molecule has 1 aromatic carbocycles. The standard InChI is InChI=1S/C15H20N4O2/c20-13(17-12-4-2-1-3-5-12)10-19-11-15(18-14(19)21)6-8-16-9-7-15/h1-5,16H,6-11H2,(H,17,20)(H,18,21). The third-order valence-electron chi connectivity index (χ3n) is 4.11. The zero-order valence-electron chi connectivity index (χ0n) is 11.9. The fourth-order valence-electron chi connectivity index (χ4n) is 2.99. The van der Waals surface area contributed by atoms with Gasteiger partial charge in [0.15, 0.2) is 0 Å². The number of benzene rings is 1. The molecule has 0 aromatic heterocycles. The van der Waals surface area contributed by atoms with Gasteiger partial charge in [0.25, 0.3) is 0 Å². The lowest BCUT2D eigenvalue weighted by atomic mass is 9.89. The molecule has 6 nitrogen and oxygen atoms in total. The Morgan fingerprint density at radius 2 is 1.95 bits per heavy atom. The lowest BCUT2D eigenvalue weighted by Crippen LogP contribution is -2.51. The van der Waals surface area contributed by atoms with Gasteiger partial charge in [-0.15, -0.1) is 0 Å². The fraction of sp³-hybridized carbons (Fsp3) is 0.467. The van der Waals surface area contributed by atoms with Gasteiger partial charge < -0.3 is 20.9 Å². The van der Waals surface area contributed by atoms with Gasteiger partial charge in [-0.25, -0.2) is 4.79 Å². The molecule has 3 N–H and O–H groups in total. The molecule has 0 atom stereocenters. The van der Waals surface area contributed by atoms with E-state index in [1.165, 1.54) is 0 Å². The van der Waals surface area contributed by atoms with Crippen LogP contribution in [0.5, 0.6) is 0 Å². The summed E-state index contributed by atoms with van der Waals surface area (Å²) >= 11 is 0. The highest BCUT2D eigenvalue weighted by Gasteiger charge is 2.43. The average Bonchev–Trinajstić information content (AvgIpc) is 2.76. The first-order valence-corrected chi connectivity index (χ1v) is 7.30. The Hall–Kier alpha value is -2.08. The van der Waals surface area contributed by atoms with Gasteiger partial charge in [-0.2, -0.15) is 0 Å². The van der Waals surface area contributed by atoms with Crippen molar-refractivity contribution in [2.24, 2.45) is 0 Å². The van der Waals surface area contributed by atoms with E-state index in [0.29, 0.717) is 6.54 Å². The third kappa shape index (κ3) is 3.16. The number of nitrogens with one attached hydrogen (secondary N) is 3. The number of rotatable bonds is 3. The van der Waals surface area contributed by atoms with Crippen LogP contribution in [-0.4, -0.2) is 48.6 Å². The summed E-state index contributed by atoms with van der Waals surface area (Å²) in [5.74, 6) is -0.165. The normalized spacial score (nSPS) is 20.4. The van der Waals surface area contributed by atoms with Crippen molar-refractivity contribution in [3.63, 3.8) is 0 Å². The number of hydrogen-bond donors (Lipinski definition) is 3. The summed E-state index contributed by atoms with van der Waals surface area (Å²) in [4.78, 5) is 25.7. The van der Waals surface area contributed by atoms with E-state index in [0.717, 1.165) is 31.6 Å². The molecule has 3 amide bonds. The van der Waals surface area contributed by atoms with Crippen LogP contribution >= 0.6 is 0 Å². The Morgan fingerprint density at radius 3 is 2.67 bits per heavy atom. The number of nitrogens with zero attached hydrogens (tertiary/aromatic N) is 1. The number of amides is 3. The van der Waals surface area contributed by atoms with Gasteiger partial charge in [-0.1, -0.05) is 18.2 Å². The van der Waals surface area contributed by atoms with Crippen LogP contribution in [0.1, 0.15) is 12.8 Å². The molecule has 2 aliphatic heterocycles. The fourth-order valence-corrected chi connectivity index (χ4v) is 2.99. The van der Waals surface area contributed by atoms with Crippen LogP contribution in [0.4, 0.5) is 10.5 Å². The summed E-state index contributed by atoms with van der Waals surface area (Å²) in [5, 5.41) is 9.15.